The van der Waals surface area contributed by atoms with Crippen molar-refractivity contribution in [1.29, 1.82) is 0 Å². The van der Waals surface area contributed by atoms with E-state index in [2.05, 4.69) is 22.5 Å². The summed E-state index contributed by atoms with van der Waals surface area (Å²) in [7, 11) is 0. The van der Waals surface area contributed by atoms with Crippen molar-refractivity contribution in [3.8, 4) is 11.1 Å². The molecular formula is C21H23N3O2. The van der Waals surface area contributed by atoms with Crippen LogP contribution in [-0.2, 0) is 9.59 Å². The number of nitrogens with one attached hydrogen (secondary N) is 3. The van der Waals surface area contributed by atoms with Crippen LogP contribution in [-0.4, -0.2) is 17.3 Å². The molecule has 134 valence electrons. The van der Waals surface area contributed by atoms with Gasteiger partial charge in [0.2, 0.25) is 12.3 Å². The number of aryl methyl sites for hydroxylation is 2. The number of carbonyl (C=O) groups is 2. The Hall–Kier alpha value is -3.08. The van der Waals surface area contributed by atoms with Gasteiger partial charge in [0.05, 0.1) is 11.2 Å². The third-order valence-electron chi connectivity index (χ3n) is 4.66. The second kappa shape index (κ2) is 7.04. The lowest BCUT2D eigenvalue weighted by molar-refractivity contribution is -0.118. The number of aromatic amines is 1. The van der Waals surface area contributed by atoms with Crippen LogP contribution in [0.15, 0.2) is 36.4 Å². The van der Waals surface area contributed by atoms with Crippen molar-refractivity contribution in [2.24, 2.45) is 5.92 Å². The largest absolute Gasteiger partial charge is 0.357 e. The van der Waals surface area contributed by atoms with Gasteiger partial charge in [-0.05, 0) is 48.7 Å². The molecule has 2 aromatic carbocycles. The van der Waals surface area contributed by atoms with Crippen molar-refractivity contribution in [3.05, 3.63) is 47.7 Å². The topological polar surface area (TPSA) is 74.0 Å². The summed E-state index contributed by atoms with van der Waals surface area (Å²) < 4.78 is 0. The molecular weight excluding hydrogens is 326 g/mol. The maximum atomic E-state index is 11.8. The van der Waals surface area contributed by atoms with Crippen molar-refractivity contribution in [1.82, 2.24) is 4.98 Å². The average Bonchev–Trinajstić information content (AvgIpc) is 2.92. The van der Waals surface area contributed by atoms with Crippen LogP contribution in [0.3, 0.4) is 0 Å². The van der Waals surface area contributed by atoms with E-state index in [1.165, 1.54) is 0 Å². The zero-order valence-corrected chi connectivity index (χ0v) is 15.4. The van der Waals surface area contributed by atoms with Crippen molar-refractivity contribution >= 4 is 34.6 Å². The summed E-state index contributed by atoms with van der Waals surface area (Å²) in [6.07, 6.45) is 0.687. The Bertz CT molecular complexity index is 969. The van der Waals surface area contributed by atoms with Crippen LogP contribution in [0.1, 0.15) is 25.1 Å². The average molecular weight is 349 g/mol. The van der Waals surface area contributed by atoms with Crippen molar-refractivity contribution < 1.29 is 9.59 Å². The number of hydrogen-bond acceptors (Lipinski definition) is 2. The van der Waals surface area contributed by atoms with Crippen LogP contribution in [0, 0.1) is 19.8 Å². The summed E-state index contributed by atoms with van der Waals surface area (Å²) in [5.41, 5.74) is 6.82. The first-order valence-corrected chi connectivity index (χ1v) is 8.65. The highest BCUT2D eigenvalue weighted by atomic mass is 16.1. The zero-order chi connectivity index (χ0) is 18.8. The maximum Gasteiger partial charge on any atom is 0.226 e. The highest BCUT2D eigenvalue weighted by Crippen LogP contribution is 2.36. The van der Waals surface area contributed by atoms with E-state index in [9.17, 15) is 9.59 Å². The molecule has 5 nitrogen and oxygen atoms in total. The van der Waals surface area contributed by atoms with Crippen LogP contribution in [0.2, 0.25) is 0 Å². The minimum atomic E-state index is -0.0577. The number of anilines is 2. The summed E-state index contributed by atoms with van der Waals surface area (Å²) >= 11 is 0. The van der Waals surface area contributed by atoms with Crippen LogP contribution in [0.4, 0.5) is 11.4 Å². The molecule has 0 radical (unpaired) electrons. The van der Waals surface area contributed by atoms with Gasteiger partial charge < -0.3 is 15.6 Å². The molecule has 3 N–H and O–H groups in total. The molecule has 3 rings (SSSR count). The van der Waals surface area contributed by atoms with Gasteiger partial charge in [0.15, 0.2) is 0 Å². The Kier molecular flexibility index (Phi) is 4.80. The van der Waals surface area contributed by atoms with Gasteiger partial charge in [0, 0.05) is 22.7 Å². The van der Waals surface area contributed by atoms with E-state index >= 15 is 0 Å². The predicted octanol–water partition coefficient (Wildman–Crippen LogP) is 4.61. The molecule has 1 aromatic heterocycles. The number of aromatic nitrogens is 1. The summed E-state index contributed by atoms with van der Waals surface area (Å²) in [5, 5.41) is 6.75. The fourth-order valence-corrected chi connectivity index (χ4v) is 3.03. The van der Waals surface area contributed by atoms with E-state index in [4.69, 9.17) is 0 Å². The molecule has 3 aromatic rings. The highest BCUT2D eigenvalue weighted by Gasteiger charge is 2.14. The summed E-state index contributed by atoms with van der Waals surface area (Å²) in [6, 6.07) is 11.7. The molecule has 0 aliphatic carbocycles. The van der Waals surface area contributed by atoms with Gasteiger partial charge in [0.25, 0.3) is 0 Å². The van der Waals surface area contributed by atoms with Gasteiger partial charge in [-0.2, -0.15) is 0 Å². The van der Waals surface area contributed by atoms with Gasteiger partial charge in [0.1, 0.15) is 0 Å². The number of H-pyrrole nitrogens is 1. The zero-order valence-electron chi connectivity index (χ0n) is 15.4. The molecule has 0 bridgehead atoms. The Morgan fingerprint density at radius 3 is 2.38 bits per heavy atom. The lowest BCUT2D eigenvalue weighted by Gasteiger charge is -2.11. The first-order chi connectivity index (χ1) is 12.4. The number of benzene rings is 2. The first kappa shape index (κ1) is 17.7. The number of hydrogen-bond donors (Lipinski definition) is 3. The van der Waals surface area contributed by atoms with Gasteiger partial charge in [-0.25, -0.2) is 0 Å². The molecule has 0 atom stereocenters. The molecule has 0 saturated heterocycles. The van der Waals surface area contributed by atoms with Gasteiger partial charge >= 0.3 is 0 Å². The van der Waals surface area contributed by atoms with Crippen molar-refractivity contribution in [2.45, 2.75) is 27.7 Å². The molecule has 0 aliphatic rings. The molecule has 0 fully saturated rings. The Balaban J connectivity index is 2.04. The lowest BCUT2D eigenvalue weighted by Crippen LogP contribution is -2.17. The number of carbonyl (C=O) groups excluding carboxylic acids is 2. The smallest absolute Gasteiger partial charge is 0.226 e. The fraction of sp³-hybridized carbons (Fsp3) is 0.238. The minimum absolute atomic E-state index is 0.00142. The molecule has 1 heterocycles. The summed E-state index contributed by atoms with van der Waals surface area (Å²) in [5.74, 6) is -0.0563. The number of amides is 2. The quantitative estimate of drug-likeness (QED) is 0.588. The summed E-state index contributed by atoms with van der Waals surface area (Å²) in [6.45, 7) is 7.83. The predicted molar refractivity (Wildman–Crippen MR) is 106 cm³/mol. The first-order valence-electron chi connectivity index (χ1n) is 8.65. The van der Waals surface area contributed by atoms with Gasteiger partial charge in [-0.15, -0.1) is 0 Å². The maximum absolute atomic E-state index is 11.8. The van der Waals surface area contributed by atoms with Crippen LogP contribution < -0.4 is 10.6 Å². The SMILES string of the molecule is Cc1[nH]c2c(NC=O)ccc(-c3ccc(NC(=O)C(C)C)cc3)c2c1C. The van der Waals surface area contributed by atoms with Crippen molar-refractivity contribution in [2.75, 3.05) is 10.6 Å². The third-order valence-corrected chi connectivity index (χ3v) is 4.66. The van der Waals surface area contributed by atoms with E-state index in [1.54, 1.807) is 0 Å². The molecule has 0 aliphatic heterocycles. The Morgan fingerprint density at radius 2 is 1.77 bits per heavy atom. The van der Waals surface area contributed by atoms with Crippen LogP contribution in [0.5, 0.6) is 0 Å². The van der Waals surface area contributed by atoms with E-state index in [1.807, 2.05) is 57.2 Å². The Morgan fingerprint density at radius 1 is 1.08 bits per heavy atom. The second-order valence-corrected chi connectivity index (χ2v) is 6.77. The monoisotopic (exact) mass is 349 g/mol. The van der Waals surface area contributed by atoms with Gasteiger partial charge in [-0.1, -0.05) is 32.0 Å². The molecule has 26 heavy (non-hydrogen) atoms. The normalized spacial score (nSPS) is 11.0. The number of rotatable bonds is 5. The van der Waals surface area contributed by atoms with E-state index < -0.39 is 0 Å². The second-order valence-electron chi connectivity index (χ2n) is 6.77. The van der Waals surface area contributed by atoms with Crippen LogP contribution >= 0.6 is 0 Å². The van der Waals surface area contributed by atoms with Crippen molar-refractivity contribution in [3.63, 3.8) is 0 Å². The highest BCUT2D eigenvalue weighted by molar-refractivity contribution is 6.06. The Labute approximate surface area is 152 Å². The molecule has 5 heteroatoms. The fourth-order valence-electron chi connectivity index (χ4n) is 3.03. The van der Waals surface area contributed by atoms with E-state index in [0.29, 0.717) is 6.41 Å². The lowest BCUT2D eigenvalue weighted by atomic mass is 9.98. The molecule has 0 unspecified atom stereocenters. The third kappa shape index (κ3) is 3.20. The molecule has 0 spiro atoms. The minimum Gasteiger partial charge on any atom is -0.357 e. The van der Waals surface area contributed by atoms with E-state index in [0.717, 1.165) is 44.7 Å². The molecule has 0 saturated carbocycles. The van der Waals surface area contributed by atoms with E-state index in [-0.39, 0.29) is 11.8 Å². The summed E-state index contributed by atoms with van der Waals surface area (Å²) in [4.78, 5) is 26.1. The standard InChI is InChI=1S/C21H23N3O2/c1-12(2)21(26)24-16-7-5-15(6-8-16)17-9-10-18(22-11-25)20-19(17)13(3)14(4)23-20/h5-12,23H,1-4H3,(H,22,25)(H,24,26). The molecule has 2 amide bonds. The van der Waals surface area contributed by atoms with Gasteiger partial charge in [-0.3, -0.25) is 9.59 Å². The number of fused-ring (bicyclic) bond motifs is 1. The van der Waals surface area contributed by atoms with Crippen LogP contribution in [0.25, 0.3) is 22.0 Å².